The average molecular weight is 163 g/mol. The van der Waals surface area contributed by atoms with Gasteiger partial charge in [-0.3, -0.25) is 5.73 Å². The molecule has 0 bridgehead atoms. The molecule has 1 aromatic carbocycles. The van der Waals surface area contributed by atoms with Crippen molar-refractivity contribution in [2.45, 2.75) is 18.9 Å². The van der Waals surface area contributed by atoms with Gasteiger partial charge in [0.15, 0.2) is 0 Å². The van der Waals surface area contributed by atoms with Gasteiger partial charge >= 0.3 is 0 Å². The molecule has 0 heterocycles. The first-order valence-corrected chi connectivity index (χ1v) is 4.27. The van der Waals surface area contributed by atoms with Crippen LogP contribution in [0, 0.1) is 0 Å². The summed E-state index contributed by atoms with van der Waals surface area (Å²) in [5, 5.41) is 0. The van der Waals surface area contributed by atoms with E-state index in [-0.39, 0.29) is 6.04 Å². The number of nitrogens with two attached hydrogens (primary N) is 1. The third-order valence-electron chi connectivity index (χ3n) is 1.86. The molecule has 1 aromatic rings. The van der Waals surface area contributed by atoms with E-state index in [0.29, 0.717) is 6.54 Å². The second-order valence-corrected chi connectivity index (χ2v) is 2.99. The Morgan fingerprint density at radius 3 is 2.50 bits per heavy atom. The third-order valence-corrected chi connectivity index (χ3v) is 1.86. The molecule has 1 unspecified atom stereocenters. The smallest absolute Gasteiger partial charge is 0.0115 e. The molecule has 2 nitrogen and oxygen atoms in total. The maximum atomic E-state index is 7.02. The van der Waals surface area contributed by atoms with Gasteiger partial charge < -0.3 is 5.73 Å². The van der Waals surface area contributed by atoms with Crippen molar-refractivity contribution in [2.24, 2.45) is 5.73 Å². The Kier molecular flexibility index (Phi) is 3.77. The maximum Gasteiger partial charge on any atom is 0.0115 e. The van der Waals surface area contributed by atoms with Crippen molar-refractivity contribution in [3.8, 4) is 0 Å². The fourth-order valence-corrected chi connectivity index (χ4v) is 1.20. The largest absolute Gasteiger partial charge is 0.327 e. The molecule has 12 heavy (non-hydrogen) atoms. The van der Waals surface area contributed by atoms with E-state index in [1.54, 1.807) is 0 Å². The van der Waals surface area contributed by atoms with Crippen molar-refractivity contribution in [2.75, 3.05) is 6.54 Å². The van der Waals surface area contributed by atoms with Crippen LogP contribution in [0.5, 0.6) is 0 Å². The van der Waals surface area contributed by atoms with Crippen LogP contribution in [-0.2, 0) is 6.42 Å². The van der Waals surface area contributed by atoms with Gasteiger partial charge in [-0.2, -0.15) is 0 Å². The molecule has 1 atom stereocenters. The predicted octanol–water partition coefficient (Wildman–Crippen LogP) is 1.23. The van der Waals surface area contributed by atoms with Crippen LogP contribution in [0.4, 0.5) is 0 Å². The number of hydrogen-bond acceptors (Lipinski definition) is 1. The van der Waals surface area contributed by atoms with Crippen molar-refractivity contribution in [3.05, 3.63) is 35.9 Å². The molecule has 0 aliphatic rings. The lowest BCUT2D eigenvalue weighted by Gasteiger charge is -2.08. The minimum atomic E-state index is 0.143. The number of benzene rings is 1. The highest BCUT2D eigenvalue weighted by atomic mass is 14.6. The van der Waals surface area contributed by atoms with Crippen molar-refractivity contribution < 1.29 is 0 Å². The van der Waals surface area contributed by atoms with Crippen LogP contribution in [0.25, 0.3) is 0 Å². The summed E-state index contributed by atoms with van der Waals surface area (Å²) in [6.07, 6.45) is 1.68. The number of nitrogens with one attached hydrogen (secondary N) is 1. The second kappa shape index (κ2) is 4.91. The van der Waals surface area contributed by atoms with E-state index in [1.807, 2.05) is 18.2 Å². The van der Waals surface area contributed by atoms with Gasteiger partial charge in [0.25, 0.3) is 0 Å². The van der Waals surface area contributed by atoms with Crippen LogP contribution >= 0.6 is 0 Å². The van der Waals surface area contributed by atoms with Gasteiger partial charge in [0.2, 0.25) is 0 Å². The number of rotatable bonds is 4. The minimum Gasteiger partial charge on any atom is -0.327 e. The molecule has 1 radical (unpaired) electrons. The standard InChI is InChI=1S/C10H15N2/c11-7-6-10(12)8-9-4-2-1-3-5-9/h1-5,10-11H,6-8,12H2. The zero-order valence-corrected chi connectivity index (χ0v) is 7.16. The van der Waals surface area contributed by atoms with Crippen LogP contribution < -0.4 is 11.5 Å². The number of hydrogen-bond donors (Lipinski definition) is 1. The highest BCUT2D eigenvalue weighted by Gasteiger charge is 2.01. The first-order valence-electron chi connectivity index (χ1n) is 4.27. The molecule has 3 N–H and O–H groups in total. The van der Waals surface area contributed by atoms with Gasteiger partial charge in [-0.15, -0.1) is 0 Å². The summed E-state index contributed by atoms with van der Waals surface area (Å²) >= 11 is 0. The van der Waals surface area contributed by atoms with E-state index >= 15 is 0 Å². The predicted molar refractivity (Wildman–Crippen MR) is 50.7 cm³/mol. The minimum absolute atomic E-state index is 0.143. The molecule has 1 rings (SSSR count). The summed E-state index contributed by atoms with van der Waals surface area (Å²) in [4.78, 5) is 0. The summed E-state index contributed by atoms with van der Waals surface area (Å²) in [5.74, 6) is 0. The lowest BCUT2D eigenvalue weighted by molar-refractivity contribution is 0.614. The van der Waals surface area contributed by atoms with E-state index < -0.39 is 0 Å². The fraction of sp³-hybridized carbons (Fsp3) is 0.400. The first-order chi connectivity index (χ1) is 5.83. The SMILES string of the molecule is [NH]CCC(N)Cc1ccccc1. The van der Waals surface area contributed by atoms with Crippen LogP contribution in [0.3, 0.4) is 0 Å². The second-order valence-electron chi connectivity index (χ2n) is 2.99. The highest BCUT2D eigenvalue weighted by molar-refractivity contribution is 5.15. The highest BCUT2D eigenvalue weighted by Crippen LogP contribution is 2.03. The summed E-state index contributed by atoms with van der Waals surface area (Å²) in [7, 11) is 0. The molecule has 0 amide bonds. The topological polar surface area (TPSA) is 49.8 Å². The van der Waals surface area contributed by atoms with E-state index in [9.17, 15) is 0 Å². The van der Waals surface area contributed by atoms with E-state index in [1.165, 1.54) is 5.56 Å². The zero-order valence-electron chi connectivity index (χ0n) is 7.16. The van der Waals surface area contributed by atoms with Crippen LogP contribution in [0.15, 0.2) is 30.3 Å². The molecular weight excluding hydrogens is 148 g/mol. The molecule has 2 heteroatoms. The van der Waals surface area contributed by atoms with E-state index in [0.717, 1.165) is 12.8 Å². The monoisotopic (exact) mass is 163 g/mol. The zero-order chi connectivity index (χ0) is 8.81. The summed E-state index contributed by atoms with van der Waals surface area (Å²) in [6, 6.07) is 10.3. The van der Waals surface area contributed by atoms with Gasteiger partial charge in [0.1, 0.15) is 0 Å². The van der Waals surface area contributed by atoms with Gasteiger partial charge in [0, 0.05) is 12.6 Å². The third kappa shape index (κ3) is 3.03. The van der Waals surface area contributed by atoms with Gasteiger partial charge in [-0.05, 0) is 18.4 Å². The van der Waals surface area contributed by atoms with Gasteiger partial charge in [-0.1, -0.05) is 30.3 Å². The Hall–Kier alpha value is -0.860. The van der Waals surface area contributed by atoms with Gasteiger partial charge in [0.05, 0.1) is 0 Å². The lowest BCUT2D eigenvalue weighted by Crippen LogP contribution is -2.24. The maximum absolute atomic E-state index is 7.02. The Morgan fingerprint density at radius 1 is 1.25 bits per heavy atom. The van der Waals surface area contributed by atoms with Crippen molar-refractivity contribution in [3.63, 3.8) is 0 Å². The summed E-state index contributed by atoms with van der Waals surface area (Å²) < 4.78 is 0. The molecule has 0 aliphatic heterocycles. The quantitative estimate of drug-likeness (QED) is 0.713. The normalized spacial score (nSPS) is 12.8. The summed E-state index contributed by atoms with van der Waals surface area (Å²) in [6.45, 7) is 0.425. The van der Waals surface area contributed by atoms with Crippen LogP contribution in [0.1, 0.15) is 12.0 Å². The van der Waals surface area contributed by atoms with Crippen molar-refractivity contribution in [1.82, 2.24) is 5.73 Å². The van der Waals surface area contributed by atoms with Gasteiger partial charge in [-0.25, -0.2) is 0 Å². The Morgan fingerprint density at radius 2 is 1.92 bits per heavy atom. The molecule has 0 aliphatic carbocycles. The molecule has 0 aromatic heterocycles. The Bertz CT molecular complexity index is 208. The Balaban J connectivity index is 2.41. The van der Waals surface area contributed by atoms with Crippen molar-refractivity contribution >= 4 is 0 Å². The molecule has 65 valence electrons. The van der Waals surface area contributed by atoms with E-state index in [4.69, 9.17) is 11.5 Å². The first kappa shape index (κ1) is 9.23. The molecular formula is C10H15N2. The van der Waals surface area contributed by atoms with Crippen LogP contribution in [0.2, 0.25) is 0 Å². The van der Waals surface area contributed by atoms with E-state index in [2.05, 4.69) is 12.1 Å². The van der Waals surface area contributed by atoms with Crippen LogP contribution in [-0.4, -0.2) is 12.6 Å². The fourth-order valence-electron chi connectivity index (χ4n) is 1.20. The molecule has 0 saturated carbocycles. The lowest BCUT2D eigenvalue weighted by atomic mass is 10.0. The summed E-state index contributed by atoms with van der Waals surface area (Å²) in [5.41, 5.74) is 14.1. The molecule has 0 spiro atoms. The average Bonchev–Trinajstić information content (AvgIpc) is 2.06. The van der Waals surface area contributed by atoms with Crippen molar-refractivity contribution in [1.29, 1.82) is 0 Å². The Labute approximate surface area is 73.6 Å². The molecule has 0 saturated heterocycles. The molecule has 0 fully saturated rings.